The molecule has 90 valence electrons. The lowest BCUT2D eigenvalue weighted by Gasteiger charge is -2.15. The molecule has 0 unspecified atom stereocenters. The number of methoxy groups -OCH3 is 1. The van der Waals surface area contributed by atoms with E-state index in [-0.39, 0.29) is 22.1 Å². The first-order valence-corrected chi connectivity index (χ1v) is 5.28. The van der Waals surface area contributed by atoms with E-state index in [1.165, 1.54) is 13.2 Å². The fourth-order valence-corrected chi connectivity index (χ4v) is 2.12. The van der Waals surface area contributed by atoms with Gasteiger partial charge in [-0.1, -0.05) is 11.6 Å². The second-order valence-corrected chi connectivity index (χ2v) is 4.21. The van der Waals surface area contributed by atoms with E-state index in [2.05, 4.69) is 4.99 Å². The van der Waals surface area contributed by atoms with Crippen LogP contribution in [0, 0.1) is 5.82 Å². The van der Waals surface area contributed by atoms with Crippen molar-refractivity contribution >= 4 is 17.7 Å². The summed E-state index contributed by atoms with van der Waals surface area (Å²) in [5.74, 6) is -1.03. The molecule has 0 saturated heterocycles. The van der Waals surface area contributed by atoms with E-state index in [9.17, 15) is 14.3 Å². The molecular formula is C11H9ClFNO3. The van der Waals surface area contributed by atoms with Crippen LogP contribution in [0.3, 0.4) is 0 Å². The molecule has 4 nitrogen and oxygen atoms in total. The highest BCUT2D eigenvalue weighted by Crippen LogP contribution is 2.56. The van der Waals surface area contributed by atoms with Crippen LogP contribution in [0.4, 0.5) is 4.39 Å². The molecule has 1 aromatic carbocycles. The van der Waals surface area contributed by atoms with Gasteiger partial charge in [-0.05, 0) is 12.8 Å². The highest BCUT2D eigenvalue weighted by Gasteiger charge is 2.49. The van der Waals surface area contributed by atoms with E-state index in [0.717, 1.165) is 6.07 Å². The molecule has 1 saturated carbocycles. The van der Waals surface area contributed by atoms with Crippen LogP contribution in [0.15, 0.2) is 11.1 Å². The summed E-state index contributed by atoms with van der Waals surface area (Å²) in [5, 5.41) is 9.69. The van der Waals surface area contributed by atoms with Crippen LogP contribution < -0.4 is 4.74 Å². The molecular weight excluding hydrogens is 249 g/mol. The maximum atomic E-state index is 13.5. The molecule has 6 heteroatoms. The number of ether oxygens (including phenoxy) is 1. The maximum Gasteiger partial charge on any atom is 0.235 e. The first kappa shape index (κ1) is 11.9. The summed E-state index contributed by atoms with van der Waals surface area (Å²) in [5.41, 5.74) is -0.849. The number of carbonyl (C=O) groups excluding carboxylic acids is 1. The summed E-state index contributed by atoms with van der Waals surface area (Å²) in [6.45, 7) is 0. The number of hydrogen-bond donors (Lipinski definition) is 1. The third-order valence-electron chi connectivity index (χ3n) is 2.83. The van der Waals surface area contributed by atoms with Gasteiger partial charge in [-0.15, -0.1) is 0 Å². The Morgan fingerprint density at radius 1 is 1.65 bits per heavy atom. The minimum Gasteiger partial charge on any atom is -0.504 e. The number of rotatable bonds is 3. The Kier molecular flexibility index (Phi) is 2.81. The molecule has 0 aromatic heterocycles. The number of isocyanates is 1. The van der Waals surface area contributed by atoms with Crippen molar-refractivity contribution < 1.29 is 19.0 Å². The second-order valence-electron chi connectivity index (χ2n) is 3.83. The van der Waals surface area contributed by atoms with Crippen LogP contribution >= 0.6 is 11.6 Å². The van der Waals surface area contributed by atoms with E-state index >= 15 is 0 Å². The van der Waals surface area contributed by atoms with E-state index in [0.29, 0.717) is 12.8 Å². The number of phenols is 1. The second kappa shape index (κ2) is 4.02. The zero-order chi connectivity index (χ0) is 12.6. The van der Waals surface area contributed by atoms with Gasteiger partial charge in [0.05, 0.1) is 12.1 Å². The molecule has 0 spiro atoms. The van der Waals surface area contributed by atoms with Gasteiger partial charge in [0.2, 0.25) is 6.08 Å². The van der Waals surface area contributed by atoms with Crippen LogP contribution in [-0.2, 0) is 10.3 Å². The van der Waals surface area contributed by atoms with Gasteiger partial charge in [0.25, 0.3) is 0 Å². The summed E-state index contributed by atoms with van der Waals surface area (Å²) in [6, 6.07) is 0.988. The van der Waals surface area contributed by atoms with Crippen LogP contribution in [-0.4, -0.2) is 18.3 Å². The van der Waals surface area contributed by atoms with E-state index in [1.807, 2.05) is 0 Å². The topological polar surface area (TPSA) is 58.9 Å². The molecule has 0 atom stereocenters. The number of nitrogens with zero attached hydrogens (tertiary/aromatic N) is 1. The number of hydrogen-bond acceptors (Lipinski definition) is 4. The lowest BCUT2D eigenvalue weighted by atomic mass is 10.0. The predicted octanol–water partition coefficient (Wildman–Crippen LogP) is 2.52. The maximum absolute atomic E-state index is 13.5. The monoisotopic (exact) mass is 257 g/mol. The molecule has 0 heterocycles. The van der Waals surface area contributed by atoms with Gasteiger partial charge in [-0.2, -0.15) is 4.99 Å². The van der Waals surface area contributed by atoms with E-state index < -0.39 is 11.4 Å². The lowest BCUT2D eigenvalue weighted by molar-refractivity contribution is 0.364. The molecule has 1 aliphatic carbocycles. The summed E-state index contributed by atoms with van der Waals surface area (Å²) in [7, 11) is 1.30. The molecule has 2 rings (SSSR count). The van der Waals surface area contributed by atoms with Gasteiger partial charge >= 0.3 is 0 Å². The highest BCUT2D eigenvalue weighted by molar-refractivity contribution is 6.32. The fraction of sp³-hybridized carbons (Fsp3) is 0.364. The Morgan fingerprint density at radius 2 is 2.29 bits per heavy atom. The summed E-state index contributed by atoms with van der Waals surface area (Å²) < 4.78 is 18.4. The largest absolute Gasteiger partial charge is 0.504 e. The smallest absolute Gasteiger partial charge is 0.235 e. The Hall–Kier alpha value is -1.58. The van der Waals surface area contributed by atoms with Gasteiger partial charge in [0.1, 0.15) is 11.4 Å². The van der Waals surface area contributed by atoms with Crippen LogP contribution in [0.1, 0.15) is 18.4 Å². The van der Waals surface area contributed by atoms with Crippen molar-refractivity contribution in [3.63, 3.8) is 0 Å². The lowest BCUT2D eigenvalue weighted by Crippen LogP contribution is -2.06. The van der Waals surface area contributed by atoms with Crippen LogP contribution in [0.5, 0.6) is 11.5 Å². The molecule has 17 heavy (non-hydrogen) atoms. The molecule has 0 radical (unpaired) electrons. The Balaban J connectivity index is 2.68. The van der Waals surface area contributed by atoms with Crippen LogP contribution in [0.25, 0.3) is 0 Å². The van der Waals surface area contributed by atoms with Crippen molar-refractivity contribution in [2.24, 2.45) is 4.99 Å². The Labute approximate surface area is 102 Å². The number of aliphatic imine (C=N–C) groups is 1. The van der Waals surface area contributed by atoms with Crippen molar-refractivity contribution in [3.8, 4) is 11.5 Å². The molecule has 1 N–H and O–H groups in total. The third kappa shape index (κ3) is 1.77. The quantitative estimate of drug-likeness (QED) is 0.669. The van der Waals surface area contributed by atoms with Crippen molar-refractivity contribution in [2.45, 2.75) is 18.4 Å². The highest BCUT2D eigenvalue weighted by atomic mass is 35.5. The average Bonchev–Trinajstić information content (AvgIpc) is 3.05. The molecule has 0 amide bonds. The molecule has 1 aromatic rings. The van der Waals surface area contributed by atoms with Gasteiger partial charge < -0.3 is 9.84 Å². The van der Waals surface area contributed by atoms with Crippen LogP contribution in [0.2, 0.25) is 5.02 Å². The minimum absolute atomic E-state index is 0.0331. The SMILES string of the molecule is COc1cc(F)c(Cl)c(C2(N=C=O)CC2)c1O. The summed E-state index contributed by atoms with van der Waals surface area (Å²) in [4.78, 5) is 14.0. The number of phenolic OH excluding ortho intramolecular Hbond substituents is 1. The van der Waals surface area contributed by atoms with Crippen molar-refractivity contribution in [3.05, 3.63) is 22.5 Å². The fourth-order valence-electron chi connectivity index (χ4n) is 1.80. The standard InChI is InChI=1S/C11H9ClFNO3/c1-17-7-4-6(13)9(12)8(10(7)16)11(2-3-11)14-5-15/h4,16H,2-3H2,1H3. The van der Waals surface area contributed by atoms with E-state index in [4.69, 9.17) is 16.3 Å². The molecule has 0 aliphatic heterocycles. The predicted molar refractivity (Wildman–Crippen MR) is 58.7 cm³/mol. The van der Waals surface area contributed by atoms with Gasteiger partial charge in [0.15, 0.2) is 11.5 Å². The molecule has 1 fully saturated rings. The Bertz CT molecular complexity index is 522. The molecule has 0 bridgehead atoms. The number of benzene rings is 1. The minimum atomic E-state index is -0.946. The van der Waals surface area contributed by atoms with Crippen molar-refractivity contribution in [1.29, 1.82) is 0 Å². The number of aromatic hydroxyl groups is 1. The van der Waals surface area contributed by atoms with Crippen molar-refractivity contribution in [1.82, 2.24) is 0 Å². The average molecular weight is 258 g/mol. The zero-order valence-electron chi connectivity index (χ0n) is 8.96. The summed E-state index contributed by atoms with van der Waals surface area (Å²) >= 11 is 5.81. The first-order chi connectivity index (χ1) is 8.05. The van der Waals surface area contributed by atoms with E-state index in [1.54, 1.807) is 0 Å². The van der Waals surface area contributed by atoms with Crippen molar-refractivity contribution in [2.75, 3.05) is 7.11 Å². The first-order valence-electron chi connectivity index (χ1n) is 4.90. The van der Waals surface area contributed by atoms with Gasteiger partial charge in [-0.25, -0.2) is 9.18 Å². The number of halogens is 2. The Morgan fingerprint density at radius 3 is 2.76 bits per heavy atom. The normalized spacial score (nSPS) is 16.2. The summed E-state index contributed by atoms with van der Waals surface area (Å²) in [6.07, 6.45) is 2.45. The third-order valence-corrected chi connectivity index (χ3v) is 3.20. The zero-order valence-corrected chi connectivity index (χ0v) is 9.71. The van der Waals surface area contributed by atoms with Gasteiger partial charge in [0, 0.05) is 11.6 Å². The molecule has 1 aliphatic rings. The van der Waals surface area contributed by atoms with Gasteiger partial charge in [-0.3, -0.25) is 0 Å².